The largest absolute Gasteiger partial charge is 0.478 e. The second-order valence-electron chi connectivity index (χ2n) is 4.35. The van der Waals surface area contributed by atoms with Gasteiger partial charge in [0, 0.05) is 12.8 Å². The van der Waals surface area contributed by atoms with Gasteiger partial charge in [-0.1, -0.05) is 6.92 Å². The number of carboxylic acids is 1. The van der Waals surface area contributed by atoms with Crippen LogP contribution in [0.4, 0.5) is 11.4 Å². The summed E-state index contributed by atoms with van der Waals surface area (Å²) in [6.45, 7) is 3.44. The molecule has 0 aliphatic carbocycles. The summed E-state index contributed by atoms with van der Waals surface area (Å²) in [5.41, 5.74) is 5.10. The van der Waals surface area contributed by atoms with Gasteiger partial charge in [0.2, 0.25) is 0 Å². The number of rotatable bonds is 5. The highest BCUT2D eigenvalue weighted by Crippen LogP contribution is 2.22. The van der Waals surface area contributed by atoms with Crippen LogP contribution in [-0.4, -0.2) is 29.7 Å². The first-order valence-electron chi connectivity index (χ1n) is 5.83. The minimum Gasteiger partial charge on any atom is -0.478 e. The summed E-state index contributed by atoms with van der Waals surface area (Å²) in [5, 5.41) is 11.6. The Balaban J connectivity index is 3.08. The van der Waals surface area contributed by atoms with E-state index >= 15 is 0 Å². The quantitative estimate of drug-likeness (QED) is 0.704. The molecule has 1 rings (SSSR count). The van der Waals surface area contributed by atoms with Crippen LogP contribution in [0.25, 0.3) is 0 Å². The van der Waals surface area contributed by atoms with Crippen molar-refractivity contribution in [3.63, 3.8) is 0 Å². The molecule has 6 heteroatoms. The van der Waals surface area contributed by atoms with Crippen molar-refractivity contribution < 1.29 is 19.4 Å². The molecule has 1 aromatic carbocycles. The minimum absolute atomic E-state index is 0.0166. The van der Waals surface area contributed by atoms with Gasteiger partial charge in [-0.15, -0.1) is 0 Å². The van der Waals surface area contributed by atoms with E-state index in [1.807, 2.05) is 0 Å². The van der Waals surface area contributed by atoms with Gasteiger partial charge in [-0.25, -0.2) is 4.79 Å². The maximum atomic E-state index is 12.1. The van der Waals surface area contributed by atoms with Crippen LogP contribution in [-0.2, 0) is 9.53 Å². The van der Waals surface area contributed by atoms with Crippen LogP contribution in [0.2, 0.25) is 0 Å². The van der Waals surface area contributed by atoms with Crippen LogP contribution in [0, 0.1) is 0 Å². The molecule has 4 N–H and O–H groups in total. The van der Waals surface area contributed by atoms with Gasteiger partial charge in [-0.2, -0.15) is 0 Å². The molecule has 0 aliphatic rings. The van der Waals surface area contributed by atoms with E-state index in [4.69, 9.17) is 15.6 Å². The number of anilines is 2. The lowest BCUT2D eigenvalue weighted by Crippen LogP contribution is -2.41. The standard InChI is InChI=1S/C13H18N2O4/c1-4-13(2,19-3)12(18)15-10-7-8(14)5-6-9(10)11(16)17/h5-7H,4,14H2,1-3H3,(H,15,18)(H,16,17). The molecular formula is C13H18N2O4. The first kappa shape index (κ1) is 15.0. The van der Waals surface area contributed by atoms with Gasteiger partial charge in [-0.05, 0) is 31.5 Å². The lowest BCUT2D eigenvalue weighted by Gasteiger charge is -2.25. The summed E-state index contributed by atoms with van der Waals surface area (Å²) in [5.74, 6) is -1.54. The Morgan fingerprint density at radius 3 is 2.58 bits per heavy atom. The summed E-state index contributed by atoms with van der Waals surface area (Å²) in [4.78, 5) is 23.2. The van der Waals surface area contributed by atoms with E-state index in [9.17, 15) is 9.59 Å². The number of nitrogen functional groups attached to an aromatic ring is 1. The summed E-state index contributed by atoms with van der Waals surface area (Å²) < 4.78 is 5.16. The third-order valence-corrected chi connectivity index (χ3v) is 3.13. The fraction of sp³-hybridized carbons (Fsp3) is 0.385. The molecule has 0 aromatic heterocycles. The van der Waals surface area contributed by atoms with E-state index in [-0.39, 0.29) is 11.3 Å². The number of amides is 1. The van der Waals surface area contributed by atoms with Gasteiger partial charge in [0.1, 0.15) is 5.60 Å². The number of carboxylic acid groups (broad SMARTS) is 1. The number of hydrogen-bond donors (Lipinski definition) is 3. The number of methoxy groups -OCH3 is 1. The molecule has 19 heavy (non-hydrogen) atoms. The molecule has 0 heterocycles. The van der Waals surface area contributed by atoms with Crippen LogP contribution in [0.5, 0.6) is 0 Å². The van der Waals surface area contributed by atoms with E-state index < -0.39 is 17.5 Å². The predicted octanol–water partition coefficient (Wildman–Crippen LogP) is 1.72. The van der Waals surface area contributed by atoms with E-state index in [0.29, 0.717) is 12.1 Å². The van der Waals surface area contributed by atoms with Crippen molar-refractivity contribution in [3.05, 3.63) is 23.8 Å². The first-order chi connectivity index (χ1) is 8.84. The summed E-state index contributed by atoms with van der Waals surface area (Å²) >= 11 is 0. The van der Waals surface area contributed by atoms with Crippen molar-refractivity contribution in [2.75, 3.05) is 18.2 Å². The molecule has 1 amide bonds. The topological polar surface area (TPSA) is 102 Å². The average molecular weight is 266 g/mol. The molecule has 0 saturated heterocycles. The Kier molecular flexibility index (Phi) is 4.50. The molecule has 0 spiro atoms. The van der Waals surface area contributed by atoms with Crippen LogP contribution in [0.3, 0.4) is 0 Å². The van der Waals surface area contributed by atoms with Crippen molar-refractivity contribution in [1.82, 2.24) is 0 Å². The van der Waals surface area contributed by atoms with Gasteiger partial charge in [0.25, 0.3) is 5.91 Å². The molecular weight excluding hydrogens is 248 g/mol. The average Bonchev–Trinajstić information content (AvgIpc) is 2.37. The normalized spacial score (nSPS) is 13.6. The molecule has 1 unspecified atom stereocenters. The fourth-order valence-corrected chi connectivity index (χ4v) is 1.50. The van der Waals surface area contributed by atoms with E-state index in [1.54, 1.807) is 13.8 Å². The summed E-state index contributed by atoms with van der Waals surface area (Å²) in [6, 6.07) is 4.23. The highest BCUT2D eigenvalue weighted by Gasteiger charge is 2.31. The predicted molar refractivity (Wildman–Crippen MR) is 72.1 cm³/mol. The number of carbonyl (C=O) groups is 2. The number of ether oxygens (including phenoxy) is 1. The fourth-order valence-electron chi connectivity index (χ4n) is 1.50. The Labute approximate surface area is 111 Å². The van der Waals surface area contributed by atoms with Gasteiger partial charge < -0.3 is 20.9 Å². The number of nitrogens with two attached hydrogens (primary N) is 1. The SMILES string of the molecule is CCC(C)(OC)C(=O)Nc1cc(N)ccc1C(=O)O. The zero-order valence-corrected chi connectivity index (χ0v) is 11.2. The molecule has 0 radical (unpaired) electrons. The van der Waals surface area contributed by atoms with Gasteiger partial charge in [-0.3, -0.25) is 4.79 Å². The van der Waals surface area contributed by atoms with Crippen molar-refractivity contribution >= 4 is 23.3 Å². The van der Waals surface area contributed by atoms with Gasteiger partial charge in [0.15, 0.2) is 0 Å². The summed E-state index contributed by atoms with van der Waals surface area (Å²) in [6.07, 6.45) is 0.458. The van der Waals surface area contributed by atoms with Crippen LogP contribution >= 0.6 is 0 Å². The first-order valence-corrected chi connectivity index (χ1v) is 5.83. The Bertz CT molecular complexity index is 495. The third kappa shape index (κ3) is 3.23. The summed E-state index contributed by atoms with van der Waals surface area (Å²) in [7, 11) is 1.43. The van der Waals surface area contributed by atoms with Crippen LogP contribution in [0.15, 0.2) is 18.2 Å². The number of carbonyl (C=O) groups excluding carboxylic acids is 1. The molecule has 0 saturated carbocycles. The molecule has 0 aliphatic heterocycles. The molecule has 1 atom stereocenters. The van der Waals surface area contributed by atoms with Gasteiger partial charge in [0.05, 0.1) is 11.3 Å². The van der Waals surface area contributed by atoms with Crippen LogP contribution in [0.1, 0.15) is 30.6 Å². The van der Waals surface area contributed by atoms with Crippen molar-refractivity contribution in [1.29, 1.82) is 0 Å². The Hall–Kier alpha value is -2.08. The molecule has 0 bridgehead atoms. The van der Waals surface area contributed by atoms with E-state index in [2.05, 4.69) is 5.32 Å². The van der Waals surface area contributed by atoms with E-state index in [1.165, 1.54) is 25.3 Å². The maximum Gasteiger partial charge on any atom is 0.337 e. The van der Waals surface area contributed by atoms with Crippen molar-refractivity contribution in [3.8, 4) is 0 Å². The maximum absolute atomic E-state index is 12.1. The lowest BCUT2D eigenvalue weighted by atomic mass is 10.0. The smallest absolute Gasteiger partial charge is 0.337 e. The van der Waals surface area contributed by atoms with Gasteiger partial charge >= 0.3 is 5.97 Å². The second-order valence-corrected chi connectivity index (χ2v) is 4.35. The molecule has 1 aromatic rings. The number of benzene rings is 1. The minimum atomic E-state index is -1.13. The lowest BCUT2D eigenvalue weighted by molar-refractivity contribution is -0.136. The van der Waals surface area contributed by atoms with E-state index in [0.717, 1.165) is 0 Å². The zero-order valence-electron chi connectivity index (χ0n) is 11.2. The van der Waals surface area contributed by atoms with Crippen LogP contribution < -0.4 is 11.1 Å². The Morgan fingerprint density at radius 1 is 1.47 bits per heavy atom. The molecule has 104 valence electrons. The Morgan fingerprint density at radius 2 is 2.11 bits per heavy atom. The number of aromatic carboxylic acids is 1. The highest BCUT2D eigenvalue weighted by molar-refractivity contribution is 6.03. The van der Waals surface area contributed by atoms with Crippen molar-refractivity contribution in [2.24, 2.45) is 0 Å². The molecule has 0 fully saturated rings. The monoisotopic (exact) mass is 266 g/mol. The van der Waals surface area contributed by atoms with Crippen molar-refractivity contribution in [2.45, 2.75) is 25.9 Å². The second kappa shape index (κ2) is 5.71. The number of hydrogen-bond acceptors (Lipinski definition) is 4. The zero-order chi connectivity index (χ0) is 14.6. The third-order valence-electron chi connectivity index (χ3n) is 3.13. The molecule has 6 nitrogen and oxygen atoms in total. The highest BCUT2D eigenvalue weighted by atomic mass is 16.5. The number of nitrogens with one attached hydrogen (secondary N) is 1.